The average molecular weight is 1370 g/mol. The highest BCUT2D eigenvalue weighted by Gasteiger charge is 2.47. The van der Waals surface area contributed by atoms with Crippen LogP contribution in [0.1, 0.15) is 174 Å². The molecule has 2 aliphatic heterocycles. The van der Waals surface area contributed by atoms with Crippen molar-refractivity contribution in [3.63, 3.8) is 0 Å². The lowest BCUT2D eigenvalue weighted by Crippen LogP contribution is -2.59. The van der Waals surface area contributed by atoms with Crippen LogP contribution in [0.4, 0.5) is 0 Å². The Hall–Kier alpha value is -3.30. The Bertz CT molecular complexity index is 2260. The van der Waals surface area contributed by atoms with Gasteiger partial charge in [0.05, 0.1) is 98.2 Å². The summed E-state index contributed by atoms with van der Waals surface area (Å²) in [6.45, 7) is 10.3. The Morgan fingerprint density at radius 2 is 0.969 bits per heavy atom. The van der Waals surface area contributed by atoms with Crippen LogP contribution in [0.15, 0.2) is 109 Å². The predicted molar refractivity (Wildman–Crippen MR) is 363 cm³/mol. The van der Waals surface area contributed by atoms with Crippen LogP contribution in [0, 0.1) is 5.92 Å². The molecule has 0 radical (unpaired) electrons. The third kappa shape index (κ3) is 35.8. The molecule has 0 aromatic carbocycles. The average Bonchev–Trinajstić information content (AvgIpc) is 0.836. The molecule has 2 saturated heterocycles. The first-order valence-electron chi connectivity index (χ1n) is 34.7. The minimum atomic E-state index is -1.84. The van der Waals surface area contributed by atoms with Gasteiger partial charge in [0, 0.05) is 19.3 Å². The van der Waals surface area contributed by atoms with E-state index in [1.54, 1.807) is 38.2 Å². The molecule has 24 heteroatoms. The van der Waals surface area contributed by atoms with Gasteiger partial charge in [-0.3, -0.25) is 0 Å². The number of allylic oxidation sites excluding steroid dienone is 11. The third-order valence-corrected chi connectivity index (χ3v) is 18.0. The Balaban J connectivity index is 1.76. The summed E-state index contributed by atoms with van der Waals surface area (Å²) in [5.74, 6) is -0.707. The molecule has 26 atom stereocenters. The first-order chi connectivity index (χ1) is 45.5. The van der Waals surface area contributed by atoms with Crippen molar-refractivity contribution in [2.24, 2.45) is 5.92 Å². The molecule has 2 rings (SSSR count). The van der Waals surface area contributed by atoms with E-state index < -0.39 is 159 Å². The van der Waals surface area contributed by atoms with Gasteiger partial charge in [0.25, 0.3) is 0 Å². The van der Waals surface area contributed by atoms with Crippen molar-refractivity contribution in [1.82, 2.24) is 0 Å². The fourth-order valence-electron chi connectivity index (χ4n) is 11.8. The molecule has 0 amide bonds. The molecule has 26 unspecified atom stereocenters. The fraction of sp³-hybridized carbons (Fsp3) is 0.750. The zero-order chi connectivity index (χ0) is 71.9. The summed E-state index contributed by atoms with van der Waals surface area (Å²) in [7, 11) is 0. The number of aliphatic hydroxyl groups excluding tert-OH is 22. The summed E-state index contributed by atoms with van der Waals surface area (Å²) in [6, 6.07) is 0. The lowest BCUT2D eigenvalue weighted by molar-refractivity contribution is -0.234. The van der Waals surface area contributed by atoms with E-state index in [1.807, 2.05) is 42.5 Å². The molecule has 2 heterocycles. The van der Waals surface area contributed by atoms with Crippen molar-refractivity contribution in [3.05, 3.63) is 109 Å². The lowest BCUT2D eigenvalue weighted by Gasteiger charge is -2.42. The van der Waals surface area contributed by atoms with Gasteiger partial charge in [-0.05, 0) is 160 Å². The minimum absolute atomic E-state index is 0.00166. The van der Waals surface area contributed by atoms with Crippen molar-refractivity contribution in [3.8, 4) is 0 Å². The van der Waals surface area contributed by atoms with Crippen molar-refractivity contribution in [2.75, 3.05) is 6.61 Å². The first kappa shape index (κ1) is 88.8. The number of ether oxygens (including phenoxy) is 2. The van der Waals surface area contributed by atoms with Crippen molar-refractivity contribution in [1.29, 1.82) is 0 Å². The first-order valence-corrected chi connectivity index (χ1v) is 34.7. The third-order valence-electron chi connectivity index (χ3n) is 18.0. The maximum Gasteiger partial charge on any atom is 0.115 e. The van der Waals surface area contributed by atoms with Crippen LogP contribution >= 0.6 is 0 Å². The number of aliphatic hydroxyl groups is 22. The van der Waals surface area contributed by atoms with E-state index >= 15 is 0 Å². The van der Waals surface area contributed by atoms with Gasteiger partial charge in [-0.1, -0.05) is 111 Å². The smallest absolute Gasteiger partial charge is 0.115 e. The summed E-state index contributed by atoms with van der Waals surface area (Å²) in [6.07, 6.45) is -1.36. The van der Waals surface area contributed by atoms with E-state index in [2.05, 4.69) is 19.2 Å². The molecule has 556 valence electrons. The van der Waals surface area contributed by atoms with Crippen LogP contribution in [-0.4, -0.2) is 272 Å². The number of rotatable bonds is 52. The van der Waals surface area contributed by atoms with Crippen molar-refractivity contribution >= 4 is 0 Å². The quantitative estimate of drug-likeness (QED) is 0.0233. The minimum Gasteiger partial charge on any atom is -0.394 e. The van der Waals surface area contributed by atoms with Crippen LogP contribution in [0.2, 0.25) is 0 Å². The number of unbranched alkanes of at least 4 members (excludes halogenated alkanes) is 2. The van der Waals surface area contributed by atoms with E-state index in [4.69, 9.17) is 14.6 Å². The normalized spacial score (nSPS) is 26.7. The Morgan fingerprint density at radius 3 is 1.51 bits per heavy atom. The van der Waals surface area contributed by atoms with Gasteiger partial charge in [-0.25, -0.2) is 0 Å². The monoisotopic (exact) mass is 1370 g/mol. The largest absolute Gasteiger partial charge is 0.394 e. The highest BCUT2D eigenvalue weighted by Crippen LogP contribution is 2.32. The maximum atomic E-state index is 11.2. The highest BCUT2D eigenvalue weighted by molar-refractivity contribution is 5.13. The van der Waals surface area contributed by atoms with Crippen LogP contribution in [-0.2, 0) is 9.47 Å². The molecule has 0 aromatic rings. The Morgan fingerprint density at radius 1 is 0.479 bits per heavy atom. The zero-order valence-corrected chi connectivity index (χ0v) is 56.5. The topological polar surface area (TPSA) is 464 Å². The van der Waals surface area contributed by atoms with Crippen LogP contribution in [0.5, 0.6) is 0 Å². The maximum absolute atomic E-state index is 11.2. The molecule has 0 spiro atoms. The van der Waals surface area contributed by atoms with E-state index in [0.717, 1.165) is 12.8 Å². The molecule has 2 aliphatic rings. The van der Waals surface area contributed by atoms with E-state index in [1.165, 1.54) is 12.2 Å². The molecular weight excluding hydrogens is 1250 g/mol. The summed E-state index contributed by atoms with van der Waals surface area (Å²) in [4.78, 5) is 0. The zero-order valence-electron chi connectivity index (χ0n) is 56.5. The second kappa shape index (κ2) is 50.1. The van der Waals surface area contributed by atoms with Crippen LogP contribution < -0.4 is 0 Å². The molecule has 0 aromatic heterocycles. The molecule has 2 fully saturated rings. The molecule has 22 N–H and O–H groups in total. The molecule has 0 bridgehead atoms. The Labute approximate surface area is 568 Å². The summed E-state index contributed by atoms with van der Waals surface area (Å²) < 4.78 is 11.6. The Kier molecular flexibility index (Phi) is 46.3. The van der Waals surface area contributed by atoms with E-state index in [0.29, 0.717) is 89.0 Å². The lowest BCUT2D eigenvalue weighted by atomic mass is 9.87. The SMILES string of the molecule is C=CC=CCCC=CC=CC=CCCC=CC(O)C(O)C1OC(C(O)C(O)C(=C)CCC(O)C2CC(O)C(O)C(C(O)C(O)C=C(C)CCC(O)CC(O)C(O)C(C)CC(O)C(O)CCCC(O)CCCC(O)CCCC(O)CCCC(O)C=CCC(O)CO)O2)CC(O)C1O. The molecule has 0 saturated carbocycles. The van der Waals surface area contributed by atoms with Gasteiger partial charge in [0.2, 0.25) is 0 Å². The summed E-state index contributed by atoms with van der Waals surface area (Å²) in [5, 5.41) is 234. The van der Waals surface area contributed by atoms with Crippen molar-refractivity contribution in [2.45, 2.75) is 327 Å². The van der Waals surface area contributed by atoms with Gasteiger partial charge in [-0.2, -0.15) is 0 Å². The second-order valence-corrected chi connectivity index (χ2v) is 26.6. The highest BCUT2D eigenvalue weighted by atomic mass is 16.6. The number of hydrogen-bond acceptors (Lipinski definition) is 24. The number of hydrogen-bond donors (Lipinski definition) is 22. The van der Waals surface area contributed by atoms with Crippen molar-refractivity contribution < 1.29 is 122 Å². The van der Waals surface area contributed by atoms with Gasteiger partial charge in [0.15, 0.2) is 0 Å². The molecule has 24 nitrogen and oxygen atoms in total. The van der Waals surface area contributed by atoms with E-state index in [-0.39, 0.29) is 76.4 Å². The summed E-state index contributed by atoms with van der Waals surface area (Å²) in [5.41, 5.74) is 0.469. The van der Waals surface area contributed by atoms with Gasteiger partial charge in [0.1, 0.15) is 61.0 Å². The predicted octanol–water partition coefficient (Wildman–Crippen LogP) is 1.51. The molecule has 0 aliphatic carbocycles. The molecule has 96 heavy (non-hydrogen) atoms. The summed E-state index contributed by atoms with van der Waals surface area (Å²) >= 11 is 0. The molecular formula is C72H124O24. The van der Waals surface area contributed by atoms with E-state index in [9.17, 15) is 107 Å². The van der Waals surface area contributed by atoms with Crippen LogP contribution in [0.25, 0.3) is 0 Å². The second-order valence-electron chi connectivity index (χ2n) is 26.6. The van der Waals surface area contributed by atoms with Gasteiger partial charge >= 0.3 is 0 Å². The van der Waals surface area contributed by atoms with Gasteiger partial charge in [-0.15, -0.1) is 0 Å². The standard InChI is InChI=1S/C72H124O24/c1-5-6-7-8-9-10-11-12-13-14-15-16-17-18-33-56(82)66(90)71-69(93)61(87)43-63(96-71)70(94)65(89)46(3)36-38-55(81)62-42-60(86)68(92)72(95-62)67(91)58(84)39-45(2)35-37-52(78)41-59(85)64(88)47(4)40-57(83)54(80)34-23-31-51(77)29-21-27-49(75)25-19-24-48(74)26-20-28-50(76)30-22-32-53(79)44-73/h5-7,10-15,18,22,30,33,39,47-94H,1,3,8-9,16-17,19-21,23-29,31-32,34-38,40-44H2,2,4H3. The van der Waals surface area contributed by atoms with Crippen LogP contribution in [0.3, 0.4) is 0 Å². The van der Waals surface area contributed by atoms with Gasteiger partial charge < -0.3 is 122 Å². The fourth-order valence-corrected chi connectivity index (χ4v) is 11.8.